The lowest BCUT2D eigenvalue weighted by Crippen LogP contribution is -2.40. The molecule has 0 radical (unpaired) electrons. The predicted molar refractivity (Wildman–Crippen MR) is 61.1 cm³/mol. The minimum Gasteiger partial charge on any atom is -0.378 e. The van der Waals surface area contributed by atoms with Gasteiger partial charge in [-0.3, -0.25) is 14.5 Å². The highest BCUT2D eigenvalue weighted by Gasteiger charge is 2.32. The highest BCUT2D eigenvalue weighted by atomic mass is 16.5. The van der Waals surface area contributed by atoms with E-state index in [9.17, 15) is 9.59 Å². The van der Waals surface area contributed by atoms with Crippen molar-refractivity contribution in [2.24, 2.45) is 0 Å². The zero-order valence-electron chi connectivity index (χ0n) is 9.40. The maximum atomic E-state index is 11.8. The fraction of sp³-hybridized carbons (Fsp3) is 0.333. The molecule has 17 heavy (non-hydrogen) atoms. The van der Waals surface area contributed by atoms with E-state index in [2.05, 4.69) is 5.32 Å². The Kier molecular flexibility index (Phi) is 2.16. The van der Waals surface area contributed by atoms with Crippen molar-refractivity contribution >= 4 is 17.5 Å². The van der Waals surface area contributed by atoms with Crippen molar-refractivity contribution in [1.82, 2.24) is 4.90 Å². The predicted octanol–water partition coefficient (Wildman–Crippen LogP) is 0.723. The third-order valence-corrected chi connectivity index (χ3v) is 3.10. The van der Waals surface area contributed by atoms with Crippen LogP contribution < -0.4 is 5.32 Å². The second-order valence-electron chi connectivity index (χ2n) is 4.31. The topological polar surface area (TPSA) is 58.6 Å². The van der Waals surface area contributed by atoms with Crippen molar-refractivity contribution in [3.8, 4) is 0 Å². The van der Waals surface area contributed by atoms with Crippen molar-refractivity contribution in [1.29, 1.82) is 0 Å². The van der Waals surface area contributed by atoms with E-state index in [1.165, 1.54) is 7.05 Å². The molecular weight excluding hydrogens is 220 g/mol. The lowest BCUT2D eigenvalue weighted by molar-refractivity contribution is 0.0211. The molecule has 0 aliphatic carbocycles. The highest BCUT2D eigenvalue weighted by molar-refractivity contribution is 6.21. The summed E-state index contributed by atoms with van der Waals surface area (Å²) in [6.07, 6.45) is 0. The van der Waals surface area contributed by atoms with Gasteiger partial charge >= 0.3 is 0 Å². The van der Waals surface area contributed by atoms with Crippen LogP contribution >= 0.6 is 0 Å². The Labute approximate surface area is 98.4 Å². The van der Waals surface area contributed by atoms with Crippen molar-refractivity contribution in [3.05, 3.63) is 29.3 Å². The van der Waals surface area contributed by atoms with Crippen LogP contribution in [0.4, 0.5) is 5.69 Å². The van der Waals surface area contributed by atoms with E-state index < -0.39 is 0 Å². The van der Waals surface area contributed by atoms with E-state index >= 15 is 0 Å². The van der Waals surface area contributed by atoms with Gasteiger partial charge in [-0.15, -0.1) is 0 Å². The van der Waals surface area contributed by atoms with Crippen LogP contribution in [0.3, 0.4) is 0 Å². The lowest BCUT2D eigenvalue weighted by atomic mass is 10.1. The van der Waals surface area contributed by atoms with Gasteiger partial charge in [0.05, 0.1) is 30.4 Å². The van der Waals surface area contributed by atoms with Crippen molar-refractivity contribution in [3.63, 3.8) is 0 Å². The standard InChI is InChI=1S/C12H12N2O3/c1-14-11(15)9-3-2-7(4-10(9)12(14)16)13-8-5-17-6-8/h2-4,8,13H,5-6H2,1H3. The summed E-state index contributed by atoms with van der Waals surface area (Å²) in [5.41, 5.74) is 1.81. The number of carbonyl (C=O) groups excluding carboxylic acids is 2. The van der Waals surface area contributed by atoms with Crippen LogP contribution in [0.15, 0.2) is 18.2 Å². The van der Waals surface area contributed by atoms with Crippen molar-refractivity contribution < 1.29 is 14.3 Å². The molecule has 0 saturated carbocycles. The SMILES string of the molecule is CN1C(=O)c2ccc(NC3COC3)cc2C1=O. The zero-order chi connectivity index (χ0) is 12.0. The summed E-state index contributed by atoms with van der Waals surface area (Å²) in [6.45, 7) is 1.37. The van der Waals surface area contributed by atoms with Gasteiger partial charge in [-0.2, -0.15) is 0 Å². The fourth-order valence-corrected chi connectivity index (χ4v) is 2.01. The number of amides is 2. The molecule has 2 amide bonds. The first-order valence-electron chi connectivity index (χ1n) is 5.47. The van der Waals surface area contributed by atoms with Gasteiger partial charge < -0.3 is 10.1 Å². The average molecular weight is 232 g/mol. The van der Waals surface area contributed by atoms with Gasteiger partial charge in [-0.05, 0) is 18.2 Å². The zero-order valence-corrected chi connectivity index (χ0v) is 9.40. The monoisotopic (exact) mass is 232 g/mol. The van der Waals surface area contributed by atoms with E-state index in [0.29, 0.717) is 30.4 Å². The van der Waals surface area contributed by atoms with E-state index in [0.717, 1.165) is 10.6 Å². The van der Waals surface area contributed by atoms with Crippen LogP contribution in [0.25, 0.3) is 0 Å². The van der Waals surface area contributed by atoms with E-state index in [1.807, 2.05) is 6.07 Å². The first-order chi connectivity index (χ1) is 8.16. The smallest absolute Gasteiger partial charge is 0.261 e. The lowest BCUT2D eigenvalue weighted by Gasteiger charge is -2.27. The number of hydrogen-bond acceptors (Lipinski definition) is 4. The molecule has 5 nitrogen and oxygen atoms in total. The Hall–Kier alpha value is -1.88. The van der Waals surface area contributed by atoms with Gasteiger partial charge in [-0.1, -0.05) is 0 Å². The summed E-state index contributed by atoms with van der Waals surface area (Å²) >= 11 is 0. The second kappa shape index (κ2) is 3.56. The Balaban J connectivity index is 1.91. The van der Waals surface area contributed by atoms with E-state index in [1.54, 1.807) is 12.1 Å². The summed E-state index contributed by atoms with van der Waals surface area (Å²) in [5, 5.41) is 3.25. The Morgan fingerprint density at radius 2 is 1.94 bits per heavy atom. The molecule has 2 heterocycles. The van der Waals surface area contributed by atoms with Crippen LogP contribution in [0.5, 0.6) is 0 Å². The number of nitrogens with one attached hydrogen (secondary N) is 1. The summed E-state index contributed by atoms with van der Waals surface area (Å²) in [4.78, 5) is 24.6. The van der Waals surface area contributed by atoms with Gasteiger partial charge in [-0.25, -0.2) is 0 Å². The quantitative estimate of drug-likeness (QED) is 0.763. The second-order valence-corrected chi connectivity index (χ2v) is 4.31. The Morgan fingerprint density at radius 1 is 1.24 bits per heavy atom. The molecule has 1 aromatic carbocycles. The van der Waals surface area contributed by atoms with Gasteiger partial charge in [0.2, 0.25) is 0 Å². The number of benzene rings is 1. The normalized spacial score (nSPS) is 19.2. The number of rotatable bonds is 2. The molecule has 88 valence electrons. The molecular formula is C12H12N2O3. The maximum Gasteiger partial charge on any atom is 0.261 e. The van der Waals surface area contributed by atoms with Crippen LogP contribution in [-0.2, 0) is 4.74 Å². The molecule has 0 aromatic heterocycles. The molecule has 0 unspecified atom stereocenters. The molecule has 1 N–H and O–H groups in total. The van der Waals surface area contributed by atoms with Crippen molar-refractivity contribution in [2.75, 3.05) is 25.6 Å². The van der Waals surface area contributed by atoms with Gasteiger partial charge in [0.25, 0.3) is 11.8 Å². The summed E-state index contributed by atoms with van der Waals surface area (Å²) in [6, 6.07) is 5.55. The minimum atomic E-state index is -0.237. The number of nitrogens with zero attached hydrogens (tertiary/aromatic N) is 1. The van der Waals surface area contributed by atoms with Crippen LogP contribution in [0.2, 0.25) is 0 Å². The minimum absolute atomic E-state index is 0.233. The van der Waals surface area contributed by atoms with Gasteiger partial charge in [0.15, 0.2) is 0 Å². The maximum absolute atomic E-state index is 11.8. The molecule has 0 atom stereocenters. The third kappa shape index (κ3) is 1.51. The number of hydrogen-bond donors (Lipinski definition) is 1. The van der Waals surface area contributed by atoms with Crippen LogP contribution in [0.1, 0.15) is 20.7 Å². The third-order valence-electron chi connectivity index (χ3n) is 3.10. The van der Waals surface area contributed by atoms with E-state index in [4.69, 9.17) is 4.74 Å². The molecule has 2 aliphatic rings. The molecule has 1 fully saturated rings. The fourth-order valence-electron chi connectivity index (χ4n) is 2.01. The highest BCUT2D eigenvalue weighted by Crippen LogP contribution is 2.25. The molecule has 1 saturated heterocycles. The first-order valence-corrected chi connectivity index (χ1v) is 5.47. The Bertz CT molecular complexity index is 508. The van der Waals surface area contributed by atoms with Gasteiger partial charge in [0.1, 0.15) is 0 Å². The van der Waals surface area contributed by atoms with E-state index in [-0.39, 0.29) is 11.8 Å². The number of fused-ring (bicyclic) bond motifs is 1. The molecule has 3 rings (SSSR count). The summed E-state index contributed by atoms with van der Waals surface area (Å²) in [5.74, 6) is -0.470. The summed E-state index contributed by atoms with van der Waals surface area (Å²) < 4.78 is 5.06. The molecule has 0 bridgehead atoms. The first kappa shape index (κ1) is 10.3. The van der Waals surface area contributed by atoms with Crippen molar-refractivity contribution in [2.45, 2.75) is 6.04 Å². The van der Waals surface area contributed by atoms with Crippen LogP contribution in [-0.4, -0.2) is 43.0 Å². The molecule has 2 aliphatic heterocycles. The average Bonchev–Trinajstić information content (AvgIpc) is 2.49. The molecule has 1 aromatic rings. The Morgan fingerprint density at radius 3 is 2.59 bits per heavy atom. The number of anilines is 1. The molecule has 0 spiro atoms. The largest absolute Gasteiger partial charge is 0.378 e. The van der Waals surface area contributed by atoms with Gasteiger partial charge in [0, 0.05) is 12.7 Å². The summed E-state index contributed by atoms with van der Waals surface area (Å²) in [7, 11) is 1.50. The number of carbonyl (C=O) groups is 2. The molecule has 5 heteroatoms. The van der Waals surface area contributed by atoms with Crippen LogP contribution in [0, 0.1) is 0 Å². The number of imide groups is 1. The number of ether oxygens (including phenoxy) is 1.